The topological polar surface area (TPSA) is 46.6 Å². The van der Waals surface area contributed by atoms with E-state index >= 15 is 0 Å². The molecular weight excluding hydrogens is 635 g/mol. The summed E-state index contributed by atoms with van der Waals surface area (Å²) in [6.07, 6.45) is 1.69. The molecule has 1 aliphatic heterocycles. The van der Waals surface area contributed by atoms with Crippen molar-refractivity contribution in [3.63, 3.8) is 0 Å². The number of imide groups is 1. The lowest BCUT2D eigenvalue weighted by Gasteiger charge is -2.14. The number of thioether (sulfide) groups is 1. The molecule has 0 N–H and O–H groups in total. The van der Waals surface area contributed by atoms with Crippen LogP contribution in [0.5, 0.6) is 5.75 Å². The average molecular weight is 646 g/mol. The van der Waals surface area contributed by atoms with Gasteiger partial charge in [0.1, 0.15) is 5.75 Å². The molecule has 1 aliphatic rings. The quantitative estimate of drug-likeness (QED) is 0.283. The predicted octanol–water partition coefficient (Wildman–Crippen LogP) is 6.45. The van der Waals surface area contributed by atoms with Crippen LogP contribution in [0.15, 0.2) is 35.2 Å². The van der Waals surface area contributed by atoms with Crippen LogP contribution in [-0.4, -0.2) is 23.2 Å². The fourth-order valence-corrected chi connectivity index (χ4v) is 5.91. The van der Waals surface area contributed by atoms with E-state index in [4.69, 9.17) is 27.9 Å². The molecule has 1 saturated heterocycles. The van der Waals surface area contributed by atoms with Crippen molar-refractivity contribution in [1.82, 2.24) is 4.90 Å². The van der Waals surface area contributed by atoms with Gasteiger partial charge in [0.2, 0.25) is 0 Å². The van der Waals surface area contributed by atoms with Crippen LogP contribution in [0.25, 0.3) is 6.08 Å². The minimum absolute atomic E-state index is 0.0962. The largest absolute Gasteiger partial charge is 0.495 e. The number of rotatable bonds is 4. The monoisotopic (exact) mass is 645 g/mol. The maximum atomic E-state index is 12.8. The zero-order chi connectivity index (χ0) is 19.7. The van der Waals surface area contributed by atoms with E-state index in [2.05, 4.69) is 45.2 Å². The second-order valence-corrected chi connectivity index (χ2v) is 9.76. The number of carbonyl (C=O) groups excluding carboxylic acids is 2. The van der Waals surface area contributed by atoms with E-state index in [0.29, 0.717) is 26.3 Å². The van der Waals surface area contributed by atoms with Crippen molar-refractivity contribution in [3.05, 3.63) is 63.5 Å². The summed E-state index contributed by atoms with van der Waals surface area (Å²) in [5, 5.41) is 0.578. The highest BCUT2D eigenvalue weighted by Crippen LogP contribution is 2.37. The molecule has 4 nitrogen and oxygen atoms in total. The Bertz CT molecular complexity index is 981. The standard InChI is InChI=1S/C18H11Cl2I2NO3S/c1-26-16-10(4-12(21)7-14(16)22)5-15-17(24)23(18(25)27-15)8-9-2-3-11(19)6-13(9)20/h2-7H,8H2,1H3/b15-5+. The van der Waals surface area contributed by atoms with E-state index in [1.54, 1.807) is 31.4 Å². The van der Waals surface area contributed by atoms with Gasteiger partial charge >= 0.3 is 0 Å². The van der Waals surface area contributed by atoms with E-state index < -0.39 is 0 Å². The van der Waals surface area contributed by atoms with Crippen molar-refractivity contribution in [2.24, 2.45) is 0 Å². The summed E-state index contributed by atoms with van der Waals surface area (Å²) in [5.74, 6) is 0.315. The zero-order valence-corrected chi connectivity index (χ0v) is 20.4. The van der Waals surface area contributed by atoms with Gasteiger partial charge in [-0.15, -0.1) is 0 Å². The fraction of sp³-hybridized carbons (Fsp3) is 0.111. The molecule has 2 amide bonds. The molecule has 0 bridgehead atoms. The second-order valence-electron chi connectivity index (χ2n) is 5.51. The molecule has 2 aromatic carbocycles. The van der Waals surface area contributed by atoms with E-state index in [9.17, 15) is 9.59 Å². The molecule has 0 radical (unpaired) electrons. The third kappa shape index (κ3) is 4.75. The van der Waals surface area contributed by atoms with Crippen molar-refractivity contribution in [3.8, 4) is 5.75 Å². The van der Waals surface area contributed by atoms with Gasteiger partial charge in [-0.05, 0) is 92.8 Å². The summed E-state index contributed by atoms with van der Waals surface area (Å²) in [6.45, 7) is 0.0962. The van der Waals surface area contributed by atoms with Gasteiger partial charge in [0.15, 0.2) is 0 Å². The second kappa shape index (κ2) is 8.89. The first-order chi connectivity index (χ1) is 12.8. The Hall–Kier alpha value is -0.490. The molecule has 9 heteroatoms. The zero-order valence-electron chi connectivity index (χ0n) is 13.8. The fourth-order valence-electron chi connectivity index (χ4n) is 2.50. The Morgan fingerprint density at radius 1 is 1.19 bits per heavy atom. The number of ether oxygens (including phenoxy) is 1. The van der Waals surface area contributed by atoms with Gasteiger partial charge in [0, 0.05) is 19.2 Å². The summed E-state index contributed by atoms with van der Waals surface area (Å²) in [4.78, 5) is 26.7. The number of amides is 2. The van der Waals surface area contributed by atoms with Crippen LogP contribution in [0, 0.1) is 7.14 Å². The van der Waals surface area contributed by atoms with Crippen LogP contribution in [0.4, 0.5) is 4.79 Å². The molecular formula is C18H11Cl2I2NO3S. The van der Waals surface area contributed by atoms with Crippen molar-refractivity contribution in [2.45, 2.75) is 6.54 Å². The minimum Gasteiger partial charge on any atom is -0.495 e. The predicted molar refractivity (Wildman–Crippen MR) is 126 cm³/mol. The lowest BCUT2D eigenvalue weighted by Crippen LogP contribution is -2.27. The first-order valence-electron chi connectivity index (χ1n) is 7.52. The number of hydrogen-bond donors (Lipinski definition) is 0. The highest BCUT2D eigenvalue weighted by atomic mass is 127. The summed E-state index contributed by atoms with van der Waals surface area (Å²) in [5.41, 5.74) is 1.41. The lowest BCUT2D eigenvalue weighted by molar-refractivity contribution is -0.123. The number of halogens is 4. The van der Waals surface area contributed by atoms with Crippen molar-refractivity contribution >= 4 is 97.4 Å². The smallest absolute Gasteiger partial charge is 0.293 e. The molecule has 3 rings (SSSR count). The summed E-state index contributed by atoms with van der Waals surface area (Å²) in [6, 6.07) is 8.86. The molecule has 0 aliphatic carbocycles. The molecule has 0 saturated carbocycles. The molecule has 0 spiro atoms. The molecule has 140 valence electrons. The van der Waals surface area contributed by atoms with Gasteiger partial charge in [-0.25, -0.2) is 0 Å². The highest BCUT2D eigenvalue weighted by molar-refractivity contribution is 14.1. The molecule has 0 atom stereocenters. The Balaban J connectivity index is 1.91. The molecule has 2 aromatic rings. The number of carbonyl (C=O) groups is 2. The Labute approximate surface area is 197 Å². The number of benzene rings is 2. The first kappa shape index (κ1) is 21.2. The van der Waals surface area contributed by atoms with Crippen LogP contribution >= 0.6 is 80.1 Å². The van der Waals surface area contributed by atoms with Crippen molar-refractivity contribution < 1.29 is 14.3 Å². The Morgan fingerprint density at radius 3 is 2.59 bits per heavy atom. The van der Waals surface area contributed by atoms with Crippen molar-refractivity contribution in [2.75, 3.05) is 7.11 Å². The third-order valence-electron chi connectivity index (χ3n) is 3.74. The highest BCUT2D eigenvalue weighted by Gasteiger charge is 2.35. The van der Waals surface area contributed by atoms with Gasteiger partial charge in [0.25, 0.3) is 11.1 Å². The van der Waals surface area contributed by atoms with E-state index in [-0.39, 0.29) is 17.7 Å². The van der Waals surface area contributed by atoms with Crippen LogP contribution in [-0.2, 0) is 11.3 Å². The van der Waals surface area contributed by atoms with E-state index in [1.165, 1.54) is 4.90 Å². The van der Waals surface area contributed by atoms with Gasteiger partial charge in [-0.3, -0.25) is 14.5 Å². The van der Waals surface area contributed by atoms with Gasteiger partial charge < -0.3 is 4.74 Å². The van der Waals surface area contributed by atoms with Crippen LogP contribution in [0.2, 0.25) is 10.0 Å². The number of nitrogens with zero attached hydrogens (tertiary/aromatic N) is 1. The summed E-state index contributed by atoms with van der Waals surface area (Å²) >= 11 is 17.4. The van der Waals surface area contributed by atoms with Gasteiger partial charge in [-0.2, -0.15) is 0 Å². The Morgan fingerprint density at radius 2 is 1.93 bits per heavy atom. The Kier molecular flexibility index (Phi) is 6.99. The summed E-state index contributed by atoms with van der Waals surface area (Å²) < 4.78 is 7.39. The van der Waals surface area contributed by atoms with Gasteiger partial charge in [0.05, 0.1) is 22.1 Å². The molecule has 0 aromatic heterocycles. The maximum absolute atomic E-state index is 12.8. The third-order valence-corrected chi connectivity index (χ3v) is 6.66. The molecule has 27 heavy (non-hydrogen) atoms. The SMILES string of the molecule is COc1c(I)cc(I)cc1/C=C1/SC(=O)N(Cc2ccc(Cl)cc2Cl)C1=O. The van der Waals surface area contributed by atoms with Crippen LogP contribution in [0.3, 0.4) is 0 Å². The number of methoxy groups -OCH3 is 1. The average Bonchev–Trinajstić information content (AvgIpc) is 2.84. The van der Waals surface area contributed by atoms with Crippen LogP contribution < -0.4 is 4.74 Å². The van der Waals surface area contributed by atoms with Crippen LogP contribution in [0.1, 0.15) is 11.1 Å². The molecule has 1 fully saturated rings. The molecule has 0 unspecified atom stereocenters. The minimum atomic E-state index is -0.355. The van der Waals surface area contributed by atoms with E-state index in [0.717, 1.165) is 24.5 Å². The summed E-state index contributed by atoms with van der Waals surface area (Å²) in [7, 11) is 1.58. The van der Waals surface area contributed by atoms with Gasteiger partial charge in [-0.1, -0.05) is 29.3 Å². The van der Waals surface area contributed by atoms with E-state index in [1.807, 2.05) is 12.1 Å². The number of hydrogen-bond acceptors (Lipinski definition) is 4. The van der Waals surface area contributed by atoms with Crippen molar-refractivity contribution in [1.29, 1.82) is 0 Å². The molecule has 1 heterocycles. The maximum Gasteiger partial charge on any atom is 0.293 e. The first-order valence-corrected chi connectivity index (χ1v) is 11.3. The normalized spacial score (nSPS) is 15.7. The lowest BCUT2D eigenvalue weighted by atomic mass is 10.1.